The van der Waals surface area contributed by atoms with Crippen LogP contribution in [0, 0.1) is 0 Å². The van der Waals surface area contributed by atoms with Crippen molar-refractivity contribution in [3.8, 4) is 0 Å². The van der Waals surface area contributed by atoms with E-state index in [-0.39, 0.29) is 0 Å². The molecular formula is C10H16N2O. The van der Waals surface area contributed by atoms with E-state index in [1.54, 1.807) is 12.5 Å². The van der Waals surface area contributed by atoms with Gasteiger partial charge in [-0.2, -0.15) is 0 Å². The molecular weight excluding hydrogens is 164 g/mol. The molecule has 0 unspecified atom stereocenters. The van der Waals surface area contributed by atoms with Gasteiger partial charge in [0.2, 0.25) is 0 Å². The zero-order valence-electron chi connectivity index (χ0n) is 7.83. The maximum Gasteiger partial charge on any atom is 0.128 e. The van der Waals surface area contributed by atoms with Crippen molar-refractivity contribution in [2.75, 3.05) is 0 Å². The van der Waals surface area contributed by atoms with Crippen LogP contribution in [-0.4, -0.2) is 11.2 Å². The van der Waals surface area contributed by atoms with E-state index in [4.69, 9.17) is 4.52 Å². The zero-order valence-corrected chi connectivity index (χ0v) is 7.83. The molecule has 72 valence electrons. The quantitative estimate of drug-likeness (QED) is 0.774. The second kappa shape index (κ2) is 4.42. The minimum atomic E-state index is 0.712. The molecule has 0 aromatic carbocycles. The first-order valence-corrected chi connectivity index (χ1v) is 5.07. The van der Waals surface area contributed by atoms with E-state index in [0.717, 1.165) is 12.1 Å². The average molecular weight is 180 g/mol. The van der Waals surface area contributed by atoms with E-state index in [1.807, 2.05) is 0 Å². The van der Waals surface area contributed by atoms with Crippen molar-refractivity contribution in [3.05, 3.63) is 18.0 Å². The molecule has 1 aliphatic carbocycles. The van der Waals surface area contributed by atoms with Crippen LogP contribution >= 0.6 is 0 Å². The number of nitrogens with one attached hydrogen (secondary N) is 1. The van der Waals surface area contributed by atoms with Crippen LogP contribution < -0.4 is 5.32 Å². The molecule has 1 fully saturated rings. The van der Waals surface area contributed by atoms with Crippen molar-refractivity contribution in [2.45, 2.75) is 44.7 Å². The normalized spacial score (nSPS) is 19.1. The number of hydrogen-bond acceptors (Lipinski definition) is 3. The molecule has 0 aliphatic heterocycles. The van der Waals surface area contributed by atoms with Gasteiger partial charge in [-0.25, -0.2) is 0 Å². The van der Waals surface area contributed by atoms with Crippen LogP contribution in [0.3, 0.4) is 0 Å². The van der Waals surface area contributed by atoms with Gasteiger partial charge >= 0.3 is 0 Å². The average Bonchev–Trinajstić information content (AvgIpc) is 2.69. The molecule has 1 saturated carbocycles. The molecule has 0 saturated heterocycles. The van der Waals surface area contributed by atoms with Crippen molar-refractivity contribution in [1.29, 1.82) is 0 Å². The van der Waals surface area contributed by atoms with Gasteiger partial charge < -0.3 is 9.84 Å². The number of nitrogens with zero attached hydrogens (tertiary/aromatic N) is 1. The van der Waals surface area contributed by atoms with E-state index in [1.165, 1.54) is 32.1 Å². The van der Waals surface area contributed by atoms with Gasteiger partial charge in [0.15, 0.2) is 0 Å². The Labute approximate surface area is 78.5 Å². The van der Waals surface area contributed by atoms with Crippen LogP contribution in [-0.2, 0) is 6.54 Å². The third kappa shape index (κ3) is 2.56. The van der Waals surface area contributed by atoms with Crippen LogP contribution in [0.5, 0.6) is 0 Å². The van der Waals surface area contributed by atoms with Crippen molar-refractivity contribution in [2.24, 2.45) is 0 Å². The molecule has 13 heavy (non-hydrogen) atoms. The molecule has 3 heteroatoms. The molecule has 0 atom stereocenters. The fourth-order valence-corrected chi connectivity index (χ4v) is 1.88. The summed E-state index contributed by atoms with van der Waals surface area (Å²) in [7, 11) is 0. The van der Waals surface area contributed by atoms with Crippen molar-refractivity contribution >= 4 is 0 Å². The van der Waals surface area contributed by atoms with Crippen LogP contribution in [0.15, 0.2) is 17.0 Å². The van der Waals surface area contributed by atoms with Gasteiger partial charge in [-0.3, -0.25) is 0 Å². The Hall–Kier alpha value is -0.830. The summed E-state index contributed by atoms with van der Waals surface area (Å²) in [4.78, 5) is 0. The highest BCUT2D eigenvalue weighted by atomic mass is 16.5. The van der Waals surface area contributed by atoms with E-state index >= 15 is 0 Å². The SMILES string of the molecule is c1nocc1CNC1CCCCC1. The molecule has 1 aliphatic rings. The Bertz CT molecular complexity index is 227. The van der Waals surface area contributed by atoms with Crippen LogP contribution in [0.4, 0.5) is 0 Å². The second-order valence-electron chi connectivity index (χ2n) is 3.75. The predicted molar refractivity (Wildman–Crippen MR) is 50.2 cm³/mol. The molecule has 3 nitrogen and oxygen atoms in total. The number of aromatic nitrogens is 1. The van der Waals surface area contributed by atoms with Gasteiger partial charge in [0.05, 0.1) is 6.20 Å². The Kier molecular flexibility index (Phi) is 2.98. The molecule has 0 radical (unpaired) electrons. The third-order valence-corrected chi connectivity index (χ3v) is 2.68. The summed E-state index contributed by atoms with van der Waals surface area (Å²) in [5.74, 6) is 0. The summed E-state index contributed by atoms with van der Waals surface area (Å²) < 4.78 is 4.76. The highest BCUT2D eigenvalue weighted by molar-refractivity contribution is 4.99. The minimum Gasteiger partial charge on any atom is -0.364 e. The van der Waals surface area contributed by atoms with Crippen molar-refractivity contribution < 1.29 is 4.52 Å². The van der Waals surface area contributed by atoms with E-state index in [2.05, 4.69) is 10.5 Å². The van der Waals surface area contributed by atoms with E-state index in [0.29, 0.717) is 6.04 Å². The summed E-state index contributed by atoms with van der Waals surface area (Å²) in [5, 5.41) is 7.19. The highest BCUT2D eigenvalue weighted by Gasteiger charge is 2.12. The summed E-state index contributed by atoms with van der Waals surface area (Å²) in [6.45, 7) is 0.897. The lowest BCUT2D eigenvalue weighted by Gasteiger charge is -2.22. The van der Waals surface area contributed by atoms with Gasteiger partial charge in [-0.1, -0.05) is 24.4 Å². The Balaban J connectivity index is 1.72. The maximum atomic E-state index is 4.76. The van der Waals surface area contributed by atoms with E-state index in [9.17, 15) is 0 Å². The first kappa shape index (κ1) is 8.75. The molecule has 0 bridgehead atoms. The minimum absolute atomic E-state index is 0.712. The molecule has 1 heterocycles. The highest BCUT2D eigenvalue weighted by Crippen LogP contribution is 2.17. The predicted octanol–water partition coefficient (Wildman–Crippen LogP) is 2.10. The van der Waals surface area contributed by atoms with Crippen molar-refractivity contribution in [3.63, 3.8) is 0 Å². The molecule has 2 rings (SSSR count). The first-order chi connectivity index (χ1) is 6.45. The lowest BCUT2D eigenvalue weighted by Crippen LogP contribution is -2.30. The summed E-state index contributed by atoms with van der Waals surface area (Å²) in [6, 6.07) is 0.712. The molecule has 1 aromatic rings. The fraction of sp³-hybridized carbons (Fsp3) is 0.700. The standard InChI is InChI=1S/C10H16N2O/c1-2-4-10(5-3-1)11-6-9-7-12-13-8-9/h7-8,10-11H,1-6H2. The second-order valence-corrected chi connectivity index (χ2v) is 3.75. The number of hydrogen-bond donors (Lipinski definition) is 1. The summed E-state index contributed by atoms with van der Waals surface area (Å²) in [5.41, 5.74) is 1.14. The van der Waals surface area contributed by atoms with Gasteiger partial charge in [-0.15, -0.1) is 0 Å². The Morgan fingerprint density at radius 3 is 2.92 bits per heavy atom. The third-order valence-electron chi connectivity index (χ3n) is 2.68. The van der Waals surface area contributed by atoms with Gasteiger partial charge in [0.25, 0.3) is 0 Å². The monoisotopic (exact) mass is 180 g/mol. The largest absolute Gasteiger partial charge is 0.364 e. The van der Waals surface area contributed by atoms with E-state index < -0.39 is 0 Å². The molecule has 1 aromatic heterocycles. The van der Waals surface area contributed by atoms with Crippen LogP contribution in [0.25, 0.3) is 0 Å². The molecule has 1 N–H and O–H groups in total. The Morgan fingerprint density at radius 1 is 1.38 bits per heavy atom. The number of rotatable bonds is 3. The topological polar surface area (TPSA) is 38.1 Å². The smallest absolute Gasteiger partial charge is 0.128 e. The first-order valence-electron chi connectivity index (χ1n) is 5.07. The zero-order chi connectivity index (χ0) is 8.93. The lowest BCUT2D eigenvalue weighted by atomic mass is 9.95. The molecule has 0 amide bonds. The van der Waals surface area contributed by atoms with Gasteiger partial charge in [0.1, 0.15) is 6.26 Å². The lowest BCUT2D eigenvalue weighted by molar-refractivity contribution is 0.371. The Morgan fingerprint density at radius 2 is 2.23 bits per heavy atom. The maximum absolute atomic E-state index is 4.76. The van der Waals surface area contributed by atoms with Crippen molar-refractivity contribution in [1.82, 2.24) is 10.5 Å². The summed E-state index contributed by atoms with van der Waals surface area (Å²) >= 11 is 0. The molecule has 0 spiro atoms. The van der Waals surface area contributed by atoms with Gasteiger partial charge in [0, 0.05) is 18.2 Å². The van der Waals surface area contributed by atoms with Gasteiger partial charge in [-0.05, 0) is 12.8 Å². The fourth-order valence-electron chi connectivity index (χ4n) is 1.88. The summed E-state index contributed by atoms with van der Waals surface area (Å²) in [6.07, 6.45) is 10.3. The van der Waals surface area contributed by atoms with Crippen LogP contribution in [0.1, 0.15) is 37.7 Å². The van der Waals surface area contributed by atoms with Crippen LogP contribution in [0.2, 0.25) is 0 Å².